The third kappa shape index (κ3) is 4.72. The number of benzene rings is 2. The lowest BCUT2D eigenvalue weighted by molar-refractivity contribution is -0.231. The molecule has 0 unspecified atom stereocenters. The Hall–Kier alpha value is -2.41. The molecule has 3 aliphatic heterocycles. The number of carbonyl (C=O) groups excluding carboxylic acids is 1. The van der Waals surface area contributed by atoms with Crippen LogP contribution in [0.4, 0.5) is 0 Å². The number of piperidine rings is 1. The fourth-order valence-corrected chi connectivity index (χ4v) is 5.87. The summed E-state index contributed by atoms with van der Waals surface area (Å²) in [6.07, 6.45) is 7.69. The summed E-state index contributed by atoms with van der Waals surface area (Å²) in [5.74, 6) is 0.471. The Bertz CT molecular complexity index is 1080. The standard InChI is InChI=1S/C29H36N2O4/c1-20-17-22(28(32)30-24-9-15-33-16-10-24)5-7-26(20)21-6-8-27-23(18-21)19-34-29(35-27)11-13-31(14-12-29)25-3-2-4-25/h5-8,17-18,24-25H,2-4,9-16,19H2,1H3,(H,30,32). The predicted molar refractivity (Wildman–Crippen MR) is 135 cm³/mol. The van der Waals surface area contributed by atoms with E-state index in [-0.39, 0.29) is 11.9 Å². The van der Waals surface area contributed by atoms with Crippen molar-refractivity contribution in [3.05, 3.63) is 53.1 Å². The molecule has 6 rings (SSSR count). The van der Waals surface area contributed by atoms with E-state index in [9.17, 15) is 4.79 Å². The quantitative estimate of drug-likeness (QED) is 0.685. The number of hydrogen-bond acceptors (Lipinski definition) is 5. The maximum absolute atomic E-state index is 12.7. The molecule has 3 heterocycles. The molecule has 2 aromatic rings. The molecule has 1 amide bonds. The van der Waals surface area contributed by atoms with Gasteiger partial charge in [-0.3, -0.25) is 9.69 Å². The monoisotopic (exact) mass is 476 g/mol. The van der Waals surface area contributed by atoms with Crippen LogP contribution < -0.4 is 10.1 Å². The van der Waals surface area contributed by atoms with E-state index in [4.69, 9.17) is 14.2 Å². The number of hydrogen-bond donors (Lipinski definition) is 1. The number of rotatable bonds is 4. The number of carbonyl (C=O) groups is 1. The third-order valence-electron chi connectivity index (χ3n) is 8.35. The Balaban J connectivity index is 1.13. The Morgan fingerprint density at radius 1 is 1.03 bits per heavy atom. The lowest BCUT2D eigenvalue weighted by atomic mass is 9.89. The molecule has 2 aromatic carbocycles. The van der Waals surface area contributed by atoms with Gasteiger partial charge in [-0.2, -0.15) is 0 Å². The zero-order valence-corrected chi connectivity index (χ0v) is 20.7. The van der Waals surface area contributed by atoms with Crippen molar-refractivity contribution in [2.24, 2.45) is 0 Å². The van der Waals surface area contributed by atoms with E-state index in [0.717, 1.165) is 72.8 Å². The van der Waals surface area contributed by atoms with Gasteiger partial charge < -0.3 is 19.5 Å². The van der Waals surface area contributed by atoms with Crippen molar-refractivity contribution in [1.29, 1.82) is 0 Å². The van der Waals surface area contributed by atoms with Gasteiger partial charge in [0.2, 0.25) is 5.79 Å². The number of likely N-dealkylation sites (tertiary alicyclic amines) is 1. The molecule has 4 aliphatic rings. The summed E-state index contributed by atoms with van der Waals surface area (Å²) in [5.41, 5.74) is 5.14. The van der Waals surface area contributed by atoms with E-state index in [1.807, 2.05) is 12.1 Å². The van der Waals surface area contributed by atoms with Crippen LogP contribution in [0.5, 0.6) is 5.75 Å². The van der Waals surface area contributed by atoms with Crippen molar-refractivity contribution in [1.82, 2.24) is 10.2 Å². The maximum Gasteiger partial charge on any atom is 0.251 e. The lowest BCUT2D eigenvalue weighted by Crippen LogP contribution is -2.54. The van der Waals surface area contributed by atoms with Crippen LogP contribution in [-0.4, -0.2) is 55.0 Å². The van der Waals surface area contributed by atoms with Gasteiger partial charge in [0.25, 0.3) is 5.91 Å². The Kier molecular flexibility index (Phi) is 6.29. The van der Waals surface area contributed by atoms with Gasteiger partial charge in [0.15, 0.2) is 0 Å². The van der Waals surface area contributed by atoms with Crippen LogP contribution in [0.1, 0.15) is 66.4 Å². The number of fused-ring (bicyclic) bond motifs is 1. The highest BCUT2D eigenvalue weighted by atomic mass is 16.7. The van der Waals surface area contributed by atoms with Gasteiger partial charge in [0, 0.05) is 62.4 Å². The van der Waals surface area contributed by atoms with Crippen molar-refractivity contribution < 1.29 is 19.0 Å². The van der Waals surface area contributed by atoms with Crippen LogP contribution >= 0.6 is 0 Å². The van der Waals surface area contributed by atoms with Crippen molar-refractivity contribution >= 4 is 5.91 Å². The molecular formula is C29H36N2O4. The molecule has 6 heteroatoms. The highest BCUT2D eigenvalue weighted by molar-refractivity contribution is 5.95. The summed E-state index contributed by atoms with van der Waals surface area (Å²) in [4.78, 5) is 15.4. The first-order valence-corrected chi connectivity index (χ1v) is 13.3. The number of aryl methyl sites for hydroxylation is 1. The van der Waals surface area contributed by atoms with Crippen LogP contribution in [0.2, 0.25) is 0 Å². The van der Waals surface area contributed by atoms with Gasteiger partial charge in [0.1, 0.15) is 5.75 Å². The van der Waals surface area contributed by atoms with Crippen molar-refractivity contribution in [2.75, 3.05) is 26.3 Å². The van der Waals surface area contributed by atoms with E-state index in [2.05, 4.69) is 41.4 Å². The first-order valence-electron chi connectivity index (χ1n) is 13.3. The molecule has 35 heavy (non-hydrogen) atoms. The molecular weight excluding hydrogens is 440 g/mol. The fraction of sp³-hybridized carbons (Fsp3) is 0.552. The average Bonchev–Trinajstić information content (AvgIpc) is 2.85. The van der Waals surface area contributed by atoms with Gasteiger partial charge in [-0.05, 0) is 73.6 Å². The van der Waals surface area contributed by atoms with Crippen LogP contribution in [0, 0.1) is 6.92 Å². The highest BCUT2D eigenvalue weighted by Gasteiger charge is 2.42. The van der Waals surface area contributed by atoms with E-state index < -0.39 is 5.79 Å². The molecule has 1 spiro atoms. The summed E-state index contributed by atoms with van der Waals surface area (Å²) in [6.45, 7) is 6.20. The maximum atomic E-state index is 12.7. The normalized spacial score (nSPS) is 22.8. The molecule has 1 aliphatic carbocycles. The number of ether oxygens (including phenoxy) is 3. The first-order chi connectivity index (χ1) is 17.1. The SMILES string of the molecule is Cc1cc(C(=O)NC2CCOCC2)ccc1-c1ccc2c(c1)COC1(CCN(C3CCC3)CC1)O2. The van der Waals surface area contributed by atoms with Gasteiger partial charge in [0.05, 0.1) is 6.61 Å². The second kappa shape index (κ2) is 9.57. The molecule has 0 bridgehead atoms. The van der Waals surface area contributed by atoms with Crippen LogP contribution in [0.3, 0.4) is 0 Å². The number of nitrogens with one attached hydrogen (secondary N) is 1. The smallest absolute Gasteiger partial charge is 0.251 e. The minimum Gasteiger partial charge on any atom is -0.462 e. The Morgan fingerprint density at radius 3 is 2.54 bits per heavy atom. The molecule has 2 saturated heterocycles. The summed E-state index contributed by atoms with van der Waals surface area (Å²) in [5, 5.41) is 3.15. The Labute approximate surface area is 207 Å². The van der Waals surface area contributed by atoms with E-state index >= 15 is 0 Å². The average molecular weight is 477 g/mol. The summed E-state index contributed by atoms with van der Waals surface area (Å²) in [7, 11) is 0. The van der Waals surface area contributed by atoms with Gasteiger partial charge >= 0.3 is 0 Å². The minimum absolute atomic E-state index is 0.00700. The van der Waals surface area contributed by atoms with Crippen LogP contribution in [0.15, 0.2) is 36.4 Å². The molecule has 6 nitrogen and oxygen atoms in total. The van der Waals surface area contributed by atoms with Gasteiger partial charge in [-0.25, -0.2) is 0 Å². The number of nitrogens with zero attached hydrogens (tertiary/aromatic N) is 1. The van der Waals surface area contributed by atoms with E-state index in [1.165, 1.54) is 19.3 Å². The summed E-state index contributed by atoms with van der Waals surface area (Å²) < 4.78 is 18.2. The van der Waals surface area contributed by atoms with Crippen LogP contribution in [-0.2, 0) is 16.1 Å². The zero-order valence-electron chi connectivity index (χ0n) is 20.7. The van der Waals surface area contributed by atoms with Crippen molar-refractivity contribution in [3.63, 3.8) is 0 Å². The summed E-state index contributed by atoms with van der Waals surface area (Å²) in [6, 6.07) is 13.4. The summed E-state index contributed by atoms with van der Waals surface area (Å²) >= 11 is 0. The zero-order chi connectivity index (χ0) is 23.8. The van der Waals surface area contributed by atoms with Gasteiger partial charge in [-0.1, -0.05) is 18.6 Å². The molecule has 0 aromatic heterocycles. The molecule has 1 saturated carbocycles. The third-order valence-corrected chi connectivity index (χ3v) is 8.35. The highest BCUT2D eigenvalue weighted by Crippen LogP contribution is 2.40. The molecule has 186 valence electrons. The van der Waals surface area contributed by atoms with E-state index in [0.29, 0.717) is 25.4 Å². The van der Waals surface area contributed by atoms with Crippen molar-refractivity contribution in [3.8, 4) is 16.9 Å². The molecule has 0 radical (unpaired) electrons. The lowest BCUT2D eigenvalue weighted by Gasteiger charge is -2.47. The molecule has 0 atom stereocenters. The minimum atomic E-state index is -0.468. The molecule has 3 fully saturated rings. The topological polar surface area (TPSA) is 60.0 Å². The van der Waals surface area contributed by atoms with Crippen molar-refractivity contribution in [2.45, 2.75) is 76.3 Å². The second-order valence-electron chi connectivity index (χ2n) is 10.6. The van der Waals surface area contributed by atoms with E-state index in [1.54, 1.807) is 0 Å². The Morgan fingerprint density at radius 2 is 1.83 bits per heavy atom. The predicted octanol–water partition coefficient (Wildman–Crippen LogP) is 4.82. The van der Waals surface area contributed by atoms with Crippen LogP contribution in [0.25, 0.3) is 11.1 Å². The second-order valence-corrected chi connectivity index (χ2v) is 10.6. The largest absolute Gasteiger partial charge is 0.462 e. The fourth-order valence-electron chi connectivity index (χ4n) is 5.87. The number of amides is 1. The first kappa shape index (κ1) is 23.0. The molecule has 1 N–H and O–H groups in total. The van der Waals surface area contributed by atoms with Gasteiger partial charge in [-0.15, -0.1) is 0 Å².